The number of hydrogen-bond donors (Lipinski definition) is 1. The van der Waals surface area contributed by atoms with E-state index in [0.29, 0.717) is 12.0 Å². The molecule has 0 aromatic heterocycles. The van der Waals surface area contributed by atoms with E-state index in [4.69, 9.17) is 4.74 Å². The summed E-state index contributed by atoms with van der Waals surface area (Å²) < 4.78 is 4.79. The molecule has 66 valence electrons. The van der Waals surface area contributed by atoms with Crippen molar-refractivity contribution in [2.24, 2.45) is 0 Å². The van der Waals surface area contributed by atoms with Gasteiger partial charge >= 0.3 is 5.97 Å². The third-order valence-corrected chi connectivity index (χ3v) is 1.80. The molecule has 12 heavy (non-hydrogen) atoms. The first-order valence-corrected chi connectivity index (χ1v) is 3.86. The van der Waals surface area contributed by atoms with Gasteiger partial charge in [0.2, 0.25) is 0 Å². The molecule has 0 aliphatic carbocycles. The highest BCUT2D eigenvalue weighted by molar-refractivity contribution is 5.92. The highest BCUT2D eigenvalue weighted by Gasteiger charge is 2.34. The van der Waals surface area contributed by atoms with Crippen LogP contribution >= 0.6 is 0 Å². The van der Waals surface area contributed by atoms with Crippen molar-refractivity contribution < 1.29 is 14.6 Å². The average molecular weight is 168 g/mol. The number of carbonyl (C=O) groups is 1. The molecule has 1 aliphatic rings. The second kappa shape index (κ2) is 3.54. The summed E-state index contributed by atoms with van der Waals surface area (Å²) in [7, 11) is 0. The smallest absolute Gasteiger partial charge is 0.336 e. The summed E-state index contributed by atoms with van der Waals surface area (Å²) in [5.74, 6) is -0.420. The van der Waals surface area contributed by atoms with E-state index in [9.17, 15) is 9.90 Å². The molecule has 0 saturated carbocycles. The molecule has 1 heterocycles. The van der Waals surface area contributed by atoms with Gasteiger partial charge in [-0.15, -0.1) is 6.58 Å². The Bertz CT molecular complexity index is 230. The van der Waals surface area contributed by atoms with Crippen molar-refractivity contribution in [2.75, 3.05) is 0 Å². The summed E-state index contributed by atoms with van der Waals surface area (Å²) in [6, 6.07) is 0. The van der Waals surface area contributed by atoms with Crippen LogP contribution in [0.1, 0.15) is 13.3 Å². The maximum absolute atomic E-state index is 11.0. The van der Waals surface area contributed by atoms with Crippen molar-refractivity contribution in [1.82, 2.24) is 0 Å². The summed E-state index contributed by atoms with van der Waals surface area (Å²) in [4.78, 5) is 11.0. The lowest BCUT2D eigenvalue weighted by Crippen LogP contribution is -2.17. The van der Waals surface area contributed by atoms with E-state index in [2.05, 4.69) is 6.58 Å². The molecule has 0 unspecified atom stereocenters. The Labute approximate surface area is 71.3 Å². The molecule has 0 spiro atoms. The van der Waals surface area contributed by atoms with Crippen molar-refractivity contribution in [3.63, 3.8) is 0 Å². The third-order valence-electron chi connectivity index (χ3n) is 1.80. The Hall–Kier alpha value is -1.09. The van der Waals surface area contributed by atoms with Crippen LogP contribution in [-0.4, -0.2) is 23.3 Å². The number of allylic oxidation sites excluding steroid dienone is 2. The Balaban J connectivity index is 2.75. The molecule has 3 nitrogen and oxygen atoms in total. The number of esters is 1. The maximum Gasteiger partial charge on any atom is 0.336 e. The van der Waals surface area contributed by atoms with Gasteiger partial charge in [-0.25, -0.2) is 4.79 Å². The minimum Gasteiger partial charge on any atom is -0.456 e. The van der Waals surface area contributed by atoms with Crippen LogP contribution in [0.2, 0.25) is 0 Å². The number of carbonyl (C=O) groups excluding carboxylic acids is 1. The summed E-state index contributed by atoms with van der Waals surface area (Å²) in [6.07, 6.45) is 2.68. The SMILES string of the molecule is C=CC/C=C1\C(=O)O[C@H](C)[C@H]1O. The molecular weight excluding hydrogens is 156 g/mol. The van der Waals surface area contributed by atoms with Crippen LogP contribution in [0, 0.1) is 0 Å². The van der Waals surface area contributed by atoms with E-state index in [1.54, 1.807) is 19.1 Å². The molecule has 2 atom stereocenters. The van der Waals surface area contributed by atoms with Gasteiger partial charge in [-0.2, -0.15) is 0 Å². The van der Waals surface area contributed by atoms with Crippen LogP contribution in [0.25, 0.3) is 0 Å². The largest absolute Gasteiger partial charge is 0.456 e. The number of hydrogen-bond acceptors (Lipinski definition) is 3. The molecule has 0 aromatic rings. The van der Waals surface area contributed by atoms with Gasteiger partial charge in [0, 0.05) is 0 Å². The van der Waals surface area contributed by atoms with Crippen LogP contribution < -0.4 is 0 Å². The first-order chi connectivity index (χ1) is 5.66. The van der Waals surface area contributed by atoms with Gasteiger partial charge in [-0.3, -0.25) is 0 Å². The molecule has 1 rings (SSSR count). The molecule has 0 aromatic carbocycles. The predicted molar refractivity (Wildman–Crippen MR) is 44.5 cm³/mol. The molecule has 1 N–H and O–H groups in total. The molecular formula is C9H12O3. The number of aliphatic hydroxyl groups is 1. The molecule has 3 heteroatoms. The van der Waals surface area contributed by atoms with Gasteiger partial charge in [-0.05, 0) is 13.3 Å². The lowest BCUT2D eigenvalue weighted by atomic mass is 10.1. The number of aliphatic hydroxyl groups excluding tert-OH is 1. The predicted octanol–water partition coefficient (Wildman–Crippen LogP) is 0.795. The molecule has 0 amide bonds. The fourth-order valence-electron chi connectivity index (χ4n) is 1.09. The zero-order valence-electron chi connectivity index (χ0n) is 6.99. The molecule has 1 aliphatic heterocycles. The Morgan fingerprint density at radius 2 is 2.42 bits per heavy atom. The normalized spacial score (nSPS) is 32.2. The lowest BCUT2D eigenvalue weighted by Gasteiger charge is -2.03. The number of cyclic esters (lactones) is 1. The van der Waals surface area contributed by atoms with E-state index >= 15 is 0 Å². The van der Waals surface area contributed by atoms with Crippen LogP contribution in [0.5, 0.6) is 0 Å². The second-order valence-corrected chi connectivity index (χ2v) is 2.74. The van der Waals surface area contributed by atoms with Gasteiger partial charge in [0.05, 0.1) is 5.57 Å². The summed E-state index contributed by atoms with van der Waals surface area (Å²) in [6.45, 7) is 5.18. The minimum atomic E-state index is -0.780. The topological polar surface area (TPSA) is 46.5 Å². The van der Waals surface area contributed by atoms with Crippen molar-refractivity contribution in [1.29, 1.82) is 0 Å². The highest BCUT2D eigenvalue weighted by Crippen LogP contribution is 2.20. The summed E-state index contributed by atoms with van der Waals surface area (Å²) in [5.41, 5.74) is 0.349. The minimum absolute atomic E-state index is 0.349. The van der Waals surface area contributed by atoms with Crippen molar-refractivity contribution in [3.8, 4) is 0 Å². The Morgan fingerprint density at radius 3 is 2.83 bits per heavy atom. The summed E-state index contributed by atoms with van der Waals surface area (Å²) in [5, 5.41) is 9.41. The number of rotatable bonds is 2. The zero-order valence-corrected chi connectivity index (χ0v) is 6.99. The van der Waals surface area contributed by atoms with E-state index < -0.39 is 18.2 Å². The monoisotopic (exact) mass is 168 g/mol. The lowest BCUT2D eigenvalue weighted by molar-refractivity contribution is -0.138. The van der Waals surface area contributed by atoms with Crippen LogP contribution in [0.3, 0.4) is 0 Å². The average Bonchev–Trinajstić information content (AvgIpc) is 2.25. The van der Waals surface area contributed by atoms with E-state index in [0.717, 1.165) is 0 Å². The number of ether oxygens (including phenoxy) is 1. The van der Waals surface area contributed by atoms with Crippen LogP contribution in [-0.2, 0) is 9.53 Å². The Kier molecular flexibility index (Phi) is 2.65. The maximum atomic E-state index is 11.0. The van der Waals surface area contributed by atoms with Gasteiger partial charge in [0.1, 0.15) is 12.2 Å². The van der Waals surface area contributed by atoms with Crippen LogP contribution in [0.4, 0.5) is 0 Å². The van der Waals surface area contributed by atoms with E-state index in [1.807, 2.05) is 0 Å². The molecule has 0 bridgehead atoms. The summed E-state index contributed by atoms with van der Waals surface area (Å²) >= 11 is 0. The van der Waals surface area contributed by atoms with Crippen molar-refractivity contribution >= 4 is 5.97 Å². The fourth-order valence-corrected chi connectivity index (χ4v) is 1.09. The van der Waals surface area contributed by atoms with Gasteiger partial charge in [0.25, 0.3) is 0 Å². The van der Waals surface area contributed by atoms with Crippen molar-refractivity contribution in [2.45, 2.75) is 25.6 Å². The molecule has 1 fully saturated rings. The quantitative estimate of drug-likeness (QED) is 0.377. The van der Waals surface area contributed by atoms with Gasteiger partial charge in [-0.1, -0.05) is 12.2 Å². The van der Waals surface area contributed by atoms with E-state index in [-0.39, 0.29) is 0 Å². The fraction of sp³-hybridized carbons (Fsp3) is 0.444. The third kappa shape index (κ3) is 1.56. The highest BCUT2D eigenvalue weighted by atomic mass is 16.6. The first-order valence-electron chi connectivity index (χ1n) is 3.86. The Morgan fingerprint density at radius 1 is 1.75 bits per heavy atom. The molecule has 1 saturated heterocycles. The van der Waals surface area contributed by atoms with Gasteiger partial charge < -0.3 is 9.84 Å². The zero-order chi connectivity index (χ0) is 9.14. The van der Waals surface area contributed by atoms with Crippen LogP contribution in [0.15, 0.2) is 24.3 Å². The standard InChI is InChI=1S/C9H12O3/c1-3-4-5-7-8(10)6(2)12-9(7)11/h3,5-6,8,10H,1,4H2,2H3/b7-5-/t6-,8-/m1/s1. The molecule has 0 radical (unpaired) electrons. The van der Waals surface area contributed by atoms with Crippen molar-refractivity contribution in [3.05, 3.63) is 24.3 Å². The second-order valence-electron chi connectivity index (χ2n) is 2.74. The van der Waals surface area contributed by atoms with Gasteiger partial charge in [0.15, 0.2) is 0 Å². The van der Waals surface area contributed by atoms with E-state index in [1.165, 1.54) is 0 Å². The first kappa shape index (κ1) is 9.00.